The molecule has 0 unspecified atom stereocenters. The molecule has 0 radical (unpaired) electrons. The number of phenolic OH excluding ortho intramolecular Hbond substituents is 4. The molecule has 2 aromatic carbocycles. The molecule has 0 aromatic heterocycles. The fraction of sp³-hybridized carbons (Fsp3) is 0. The molecule has 0 fully saturated rings. The Morgan fingerprint density at radius 2 is 1.47 bits per heavy atom. The van der Waals surface area contributed by atoms with Gasteiger partial charge in [0, 0.05) is 23.4 Å². The van der Waals surface area contributed by atoms with Crippen LogP contribution in [0, 0.1) is 0 Å². The molecular formula is C13H11NO5. The van der Waals surface area contributed by atoms with Gasteiger partial charge in [-0.15, -0.1) is 0 Å². The fourth-order valence-corrected chi connectivity index (χ4v) is 1.53. The highest BCUT2D eigenvalue weighted by Crippen LogP contribution is 2.28. The summed E-state index contributed by atoms with van der Waals surface area (Å²) in [4.78, 5) is 11.8. The zero-order valence-electron chi connectivity index (χ0n) is 9.66. The molecule has 0 saturated carbocycles. The van der Waals surface area contributed by atoms with Crippen molar-refractivity contribution in [3.63, 3.8) is 0 Å². The van der Waals surface area contributed by atoms with Gasteiger partial charge in [-0.2, -0.15) is 0 Å². The Kier molecular flexibility index (Phi) is 3.15. The molecule has 0 spiro atoms. The van der Waals surface area contributed by atoms with Crippen LogP contribution in [0.1, 0.15) is 10.4 Å². The number of anilines is 1. The molecule has 98 valence electrons. The molecule has 0 heterocycles. The zero-order valence-corrected chi connectivity index (χ0v) is 9.66. The molecule has 5 N–H and O–H groups in total. The third-order valence-electron chi connectivity index (χ3n) is 2.40. The van der Waals surface area contributed by atoms with Gasteiger partial charge in [0.15, 0.2) is 11.5 Å². The van der Waals surface area contributed by atoms with Crippen molar-refractivity contribution in [3.05, 3.63) is 42.0 Å². The number of amides is 1. The predicted octanol–water partition coefficient (Wildman–Crippen LogP) is 1.76. The molecular weight excluding hydrogens is 250 g/mol. The average Bonchev–Trinajstić information content (AvgIpc) is 2.32. The minimum atomic E-state index is -0.573. The Morgan fingerprint density at radius 1 is 0.842 bits per heavy atom. The van der Waals surface area contributed by atoms with E-state index in [-0.39, 0.29) is 34.2 Å². The van der Waals surface area contributed by atoms with Gasteiger partial charge in [0.05, 0.1) is 0 Å². The molecule has 0 bridgehead atoms. The number of nitrogens with one attached hydrogen (secondary N) is 1. The van der Waals surface area contributed by atoms with Crippen molar-refractivity contribution in [3.8, 4) is 23.0 Å². The fourth-order valence-electron chi connectivity index (χ4n) is 1.53. The quantitative estimate of drug-likeness (QED) is 0.418. The first-order chi connectivity index (χ1) is 8.95. The maximum absolute atomic E-state index is 11.8. The number of aromatic hydroxyl groups is 4. The van der Waals surface area contributed by atoms with E-state index >= 15 is 0 Å². The van der Waals surface area contributed by atoms with E-state index in [9.17, 15) is 20.1 Å². The maximum Gasteiger partial charge on any atom is 0.255 e. The Labute approximate surface area is 108 Å². The summed E-state index contributed by atoms with van der Waals surface area (Å²) >= 11 is 0. The molecule has 1 amide bonds. The van der Waals surface area contributed by atoms with E-state index in [1.54, 1.807) is 0 Å². The van der Waals surface area contributed by atoms with Gasteiger partial charge < -0.3 is 25.7 Å². The third kappa shape index (κ3) is 2.86. The lowest BCUT2D eigenvalue weighted by Gasteiger charge is -2.07. The second-order valence-electron chi connectivity index (χ2n) is 3.90. The molecule has 6 nitrogen and oxygen atoms in total. The second-order valence-corrected chi connectivity index (χ2v) is 3.90. The van der Waals surface area contributed by atoms with Crippen molar-refractivity contribution in [2.24, 2.45) is 0 Å². The highest BCUT2D eigenvalue weighted by Gasteiger charge is 2.10. The Balaban J connectivity index is 2.22. The first-order valence-electron chi connectivity index (χ1n) is 5.32. The summed E-state index contributed by atoms with van der Waals surface area (Å²) < 4.78 is 0. The number of hydrogen-bond donors (Lipinski definition) is 5. The van der Waals surface area contributed by atoms with Gasteiger partial charge in [-0.25, -0.2) is 0 Å². The summed E-state index contributed by atoms with van der Waals surface area (Å²) in [6.07, 6.45) is 0. The molecule has 2 aromatic rings. The van der Waals surface area contributed by atoms with Gasteiger partial charge in [-0.05, 0) is 24.3 Å². The summed E-state index contributed by atoms with van der Waals surface area (Å²) in [5.41, 5.74) is 0.327. The van der Waals surface area contributed by atoms with E-state index < -0.39 is 5.91 Å². The first kappa shape index (κ1) is 12.6. The summed E-state index contributed by atoms with van der Waals surface area (Å²) in [6, 6.07) is 7.28. The van der Waals surface area contributed by atoms with Crippen LogP contribution in [0.2, 0.25) is 0 Å². The van der Waals surface area contributed by atoms with Crippen molar-refractivity contribution in [2.45, 2.75) is 0 Å². The number of carbonyl (C=O) groups is 1. The molecule has 0 aliphatic carbocycles. The van der Waals surface area contributed by atoms with E-state index in [1.165, 1.54) is 30.3 Å². The summed E-state index contributed by atoms with van der Waals surface area (Å²) in [7, 11) is 0. The monoisotopic (exact) mass is 261 g/mol. The van der Waals surface area contributed by atoms with Gasteiger partial charge in [0.25, 0.3) is 5.91 Å². The van der Waals surface area contributed by atoms with Crippen LogP contribution in [0.25, 0.3) is 0 Å². The summed E-state index contributed by atoms with van der Waals surface area (Å²) in [6.45, 7) is 0. The highest BCUT2D eigenvalue weighted by molar-refractivity contribution is 6.04. The summed E-state index contributed by atoms with van der Waals surface area (Å²) in [5.74, 6) is -1.71. The van der Waals surface area contributed by atoms with Crippen LogP contribution in [0.4, 0.5) is 5.69 Å². The maximum atomic E-state index is 11.8. The van der Waals surface area contributed by atoms with E-state index in [0.29, 0.717) is 0 Å². The molecule has 0 atom stereocenters. The smallest absolute Gasteiger partial charge is 0.255 e. The lowest BCUT2D eigenvalue weighted by molar-refractivity contribution is 0.102. The van der Waals surface area contributed by atoms with Crippen LogP contribution in [-0.4, -0.2) is 26.3 Å². The normalized spacial score (nSPS) is 10.1. The number of benzene rings is 2. The topological polar surface area (TPSA) is 110 Å². The van der Waals surface area contributed by atoms with Gasteiger partial charge in [0.1, 0.15) is 11.5 Å². The predicted molar refractivity (Wildman–Crippen MR) is 67.5 cm³/mol. The molecule has 6 heteroatoms. The largest absolute Gasteiger partial charge is 0.508 e. The van der Waals surface area contributed by atoms with Crippen molar-refractivity contribution in [1.82, 2.24) is 0 Å². The molecule has 0 aliphatic rings. The van der Waals surface area contributed by atoms with E-state index in [0.717, 1.165) is 6.07 Å². The Morgan fingerprint density at radius 3 is 2.05 bits per heavy atom. The highest BCUT2D eigenvalue weighted by atomic mass is 16.3. The molecule has 19 heavy (non-hydrogen) atoms. The van der Waals surface area contributed by atoms with Crippen LogP contribution < -0.4 is 5.32 Å². The third-order valence-corrected chi connectivity index (χ3v) is 2.40. The lowest BCUT2D eigenvalue weighted by Crippen LogP contribution is -2.11. The van der Waals surface area contributed by atoms with E-state index in [4.69, 9.17) is 5.11 Å². The van der Waals surface area contributed by atoms with Crippen molar-refractivity contribution in [1.29, 1.82) is 0 Å². The first-order valence-corrected chi connectivity index (χ1v) is 5.32. The summed E-state index contributed by atoms with van der Waals surface area (Å²) in [5, 5.41) is 39.4. The number of rotatable bonds is 2. The van der Waals surface area contributed by atoms with Crippen LogP contribution in [0.3, 0.4) is 0 Å². The molecule has 0 aliphatic heterocycles. The minimum absolute atomic E-state index is 0.0602. The second kappa shape index (κ2) is 4.77. The molecule has 0 saturated heterocycles. The Hall–Kier alpha value is -2.89. The van der Waals surface area contributed by atoms with Gasteiger partial charge in [-0.3, -0.25) is 4.79 Å². The zero-order chi connectivity index (χ0) is 14.0. The minimum Gasteiger partial charge on any atom is -0.508 e. The van der Waals surface area contributed by atoms with Crippen LogP contribution in [0.5, 0.6) is 23.0 Å². The number of carbonyl (C=O) groups excluding carboxylic acids is 1. The van der Waals surface area contributed by atoms with Crippen molar-refractivity contribution < 1.29 is 25.2 Å². The average molecular weight is 261 g/mol. The van der Waals surface area contributed by atoms with Crippen LogP contribution in [-0.2, 0) is 0 Å². The van der Waals surface area contributed by atoms with Crippen molar-refractivity contribution >= 4 is 11.6 Å². The van der Waals surface area contributed by atoms with Gasteiger partial charge in [0.2, 0.25) is 0 Å². The SMILES string of the molecule is O=C(Nc1ccc(O)c(O)c1)c1cc(O)cc(O)c1. The lowest BCUT2D eigenvalue weighted by atomic mass is 10.2. The van der Waals surface area contributed by atoms with Gasteiger partial charge in [-0.1, -0.05) is 0 Å². The number of hydrogen-bond acceptors (Lipinski definition) is 5. The molecule has 2 rings (SSSR count). The van der Waals surface area contributed by atoms with E-state index in [2.05, 4.69) is 5.32 Å². The Bertz CT molecular complexity index is 619. The van der Waals surface area contributed by atoms with Gasteiger partial charge >= 0.3 is 0 Å². The number of phenols is 4. The van der Waals surface area contributed by atoms with Crippen molar-refractivity contribution in [2.75, 3.05) is 5.32 Å². The standard InChI is InChI=1S/C13H11NO5/c15-9-3-7(4-10(16)6-9)13(19)14-8-1-2-11(17)12(18)5-8/h1-6,15-18H,(H,14,19). The van der Waals surface area contributed by atoms with Crippen LogP contribution >= 0.6 is 0 Å². The van der Waals surface area contributed by atoms with E-state index in [1.807, 2.05) is 0 Å². The van der Waals surface area contributed by atoms with Crippen LogP contribution in [0.15, 0.2) is 36.4 Å².